The zero-order chi connectivity index (χ0) is 20.9. The Bertz CT molecular complexity index is 902. The Balaban J connectivity index is 0.00000272. The molecule has 2 aromatic rings. The molecule has 9 heteroatoms. The molecule has 2 aromatic carbocycles. The normalized spacial score (nSPS) is 17.2. The van der Waals surface area contributed by atoms with Crippen LogP contribution in [0.3, 0.4) is 0 Å². The quantitative estimate of drug-likeness (QED) is 0.332. The summed E-state index contributed by atoms with van der Waals surface area (Å²) in [6, 6.07) is 12.2. The third-order valence-electron chi connectivity index (χ3n) is 5.35. The van der Waals surface area contributed by atoms with Gasteiger partial charge in [0.05, 0.1) is 14.2 Å². The van der Waals surface area contributed by atoms with Gasteiger partial charge in [-0.05, 0) is 24.1 Å². The van der Waals surface area contributed by atoms with Gasteiger partial charge >= 0.3 is 0 Å². The largest absolute Gasteiger partial charge is 0.497 e. The Kier molecular flexibility index (Phi) is 7.94. The van der Waals surface area contributed by atoms with Gasteiger partial charge in [-0.15, -0.1) is 24.0 Å². The van der Waals surface area contributed by atoms with Crippen LogP contribution in [0.5, 0.6) is 23.0 Å². The Morgan fingerprint density at radius 2 is 1.84 bits per heavy atom. The molecule has 1 saturated heterocycles. The third-order valence-corrected chi connectivity index (χ3v) is 5.35. The first kappa shape index (κ1) is 23.1. The molecule has 0 aromatic heterocycles. The lowest BCUT2D eigenvalue weighted by Gasteiger charge is -2.21. The van der Waals surface area contributed by atoms with Gasteiger partial charge in [0.25, 0.3) is 0 Å². The molecule has 1 atom stereocenters. The molecule has 0 bridgehead atoms. The highest BCUT2D eigenvalue weighted by molar-refractivity contribution is 14.0. The van der Waals surface area contributed by atoms with Crippen LogP contribution in [-0.2, 0) is 6.54 Å². The van der Waals surface area contributed by atoms with E-state index in [0.717, 1.165) is 59.7 Å². The van der Waals surface area contributed by atoms with Crippen LogP contribution >= 0.6 is 24.0 Å². The fraction of sp³-hybridized carbons (Fsp3) is 0.409. The van der Waals surface area contributed by atoms with Crippen LogP contribution in [0.15, 0.2) is 41.4 Å². The van der Waals surface area contributed by atoms with Crippen LogP contribution < -0.4 is 34.5 Å². The van der Waals surface area contributed by atoms with Crippen molar-refractivity contribution in [2.45, 2.75) is 19.0 Å². The summed E-state index contributed by atoms with van der Waals surface area (Å²) in [7, 11) is 5.13. The Hall–Kier alpha value is -2.56. The SMILES string of the molecule is CN=C(NCc1ccc2c(c1)OCO2)NC1CCN(c2cc(OC)cc(OC)c2)C1.I. The van der Waals surface area contributed by atoms with Gasteiger partial charge in [0, 0.05) is 56.6 Å². The second-order valence-electron chi connectivity index (χ2n) is 7.26. The molecule has 0 amide bonds. The van der Waals surface area contributed by atoms with Crippen molar-refractivity contribution in [2.24, 2.45) is 4.99 Å². The second-order valence-corrected chi connectivity index (χ2v) is 7.26. The number of rotatable bonds is 6. The molecule has 168 valence electrons. The van der Waals surface area contributed by atoms with Crippen molar-refractivity contribution in [3.05, 3.63) is 42.0 Å². The third kappa shape index (κ3) is 5.57. The lowest BCUT2D eigenvalue weighted by molar-refractivity contribution is 0.174. The number of nitrogens with zero attached hydrogens (tertiary/aromatic N) is 2. The Labute approximate surface area is 199 Å². The summed E-state index contributed by atoms with van der Waals surface area (Å²) in [6.07, 6.45) is 1.02. The van der Waals surface area contributed by atoms with Gasteiger partial charge in [0.1, 0.15) is 11.5 Å². The van der Waals surface area contributed by atoms with E-state index in [1.54, 1.807) is 21.3 Å². The molecule has 31 heavy (non-hydrogen) atoms. The number of hydrogen-bond acceptors (Lipinski definition) is 6. The molecule has 8 nitrogen and oxygen atoms in total. The number of nitrogens with one attached hydrogen (secondary N) is 2. The summed E-state index contributed by atoms with van der Waals surface area (Å²) in [5, 5.41) is 6.90. The van der Waals surface area contributed by atoms with E-state index in [0.29, 0.717) is 12.6 Å². The predicted molar refractivity (Wildman–Crippen MR) is 131 cm³/mol. The van der Waals surface area contributed by atoms with Gasteiger partial charge in [0.2, 0.25) is 6.79 Å². The zero-order valence-corrected chi connectivity index (χ0v) is 20.3. The lowest BCUT2D eigenvalue weighted by Crippen LogP contribution is -2.44. The maximum absolute atomic E-state index is 5.45. The van der Waals surface area contributed by atoms with E-state index in [-0.39, 0.29) is 30.8 Å². The van der Waals surface area contributed by atoms with Crippen LogP contribution in [-0.4, -0.2) is 53.2 Å². The van der Waals surface area contributed by atoms with Crippen LogP contribution in [0.25, 0.3) is 0 Å². The zero-order valence-electron chi connectivity index (χ0n) is 18.0. The molecular formula is C22H29IN4O4. The van der Waals surface area contributed by atoms with Gasteiger partial charge in [-0.2, -0.15) is 0 Å². The van der Waals surface area contributed by atoms with Crippen molar-refractivity contribution in [3.8, 4) is 23.0 Å². The fourth-order valence-corrected chi connectivity index (χ4v) is 3.71. The first-order valence-electron chi connectivity index (χ1n) is 10.0. The van der Waals surface area contributed by atoms with Crippen LogP contribution in [0.4, 0.5) is 5.69 Å². The van der Waals surface area contributed by atoms with Crippen LogP contribution in [0.1, 0.15) is 12.0 Å². The summed E-state index contributed by atoms with van der Waals surface area (Å²) in [5.41, 5.74) is 2.21. The Morgan fingerprint density at radius 1 is 1.10 bits per heavy atom. The average molecular weight is 540 g/mol. The minimum atomic E-state index is 0. The van der Waals surface area contributed by atoms with Crippen molar-refractivity contribution in [1.82, 2.24) is 10.6 Å². The minimum Gasteiger partial charge on any atom is -0.497 e. The molecule has 0 spiro atoms. The van der Waals surface area contributed by atoms with Gasteiger partial charge in [-0.1, -0.05) is 6.07 Å². The molecular weight excluding hydrogens is 511 g/mol. The van der Waals surface area contributed by atoms with Crippen LogP contribution in [0.2, 0.25) is 0 Å². The predicted octanol–water partition coefficient (Wildman–Crippen LogP) is 2.99. The fourth-order valence-electron chi connectivity index (χ4n) is 3.71. The van der Waals surface area contributed by atoms with E-state index < -0.39 is 0 Å². The standard InChI is InChI=1S/C22H28N4O4.HI/c1-23-22(24-12-15-4-5-20-21(8-15)30-14-29-20)25-16-6-7-26(13-16)17-9-18(27-2)11-19(10-17)28-3;/h4-5,8-11,16H,6-7,12-14H2,1-3H3,(H2,23,24,25);1H. The minimum absolute atomic E-state index is 0. The number of hydrogen-bond donors (Lipinski definition) is 2. The molecule has 2 N–H and O–H groups in total. The topological polar surface area (TPSA) is 76.6 Å². The van der Waals surface area contributed by atoms with E-state index >= 15 is 0 Å². The van der Waals surface area contributed by atoms with Gasteiger partial charge in [-0.3, -0.25) is 4.99 Å². The molecule has 0 radical (unpaired) electrons. The number of anilines is 1. The number of ether oxygens (including phenoxy) is 4. The molecule has 2 heterocycles. The van der Waals surface area contributed by atoms with Gasteiger partial charge in [0.15, 0.2) is 17.5 Å². The second kappa shape index (κ2) is 10.7. The first-order chi connectivity index (χ1) is 14.7. The first-order valence-corrected chi connectivity index (χ1v) is 10.0. The summed E-state index contributed by atoms with van der Waals surface area (Å²) in [6.45, 7) is 2.76. The molecule has 1 unspecified atom stereocenters. The van der Waals surface area contributed by atoms with E-state index in [1.165, 1.54) is 0 Å². The summed E-state index contributed by atoms with van der Waals surface area (Å²) < 4.78 is 21.6. The van der Waals surface area contributed by atoms with Crippen molar-refractivity contribution in [1.29, 1.82) is 0 Å². The van der Waals surface area contributed by atoms with Crippen molar-refractivity contribution in [3.63, 3.8) is 0 Å². The number of guanidine groups is 1. The highest BCUT2D eigenvalue weighted by Crippen LogP contribution is 2.32. The maximum atomic E-state index is 5.45. The number of fused-ring (bicyclic) bond motifs is 1. The summed E-state index contributed by atoms with van der Waals surface area (Å²) >= 11 is 0. The smallest absolute Gasteiger partial charge is 0.231 e. The summed E-state index contributed by atoms with van der Waals surface area (Å²) in [5.74, 6) is 3.95. The van der Waals surface area contributed by atoms with Crippen molar-refractivity contribution in [2.75, 3.05) is 46.0 Å². The number of methoxy groups -OCH3 is 2. The summed E-state index contributed by atoms with van der Waals surface area (Å²) in [4.78, 5) is 6.70. The number of benzene rings is 2. The number of halogens is 1. The molecule has 2 aliphatic rings. The highest BCUT2D eigenvalue weighted by atomic mass is 127. The maximum Gasteiger partial charge on any atom is 0.231 e. The highest BCUT2D eigenvalue weighted by Gasteiger charge is 2.24. The van der Waals surface area contributed by atoms with E-state index in [2.05, 4.69) is 20.5 Å². The van der Waals surface area contributed by atoms with Crippen LogP contribution in [0, 0.1) is 0 Å². The molecule has 4 rings (SSSR count). The van der Waals surface area contributed by atoms with E-state index in [9.17, 15) is 0 Å². The molecule has 0 aliphatic carbocycles. The van der Waals surface area contributed by atoms with Gasteiger partial charge in [-0.25, -0.2) is 0 Å². The average Bonchev–Trinajstić information content (AvgIpc) is 3.45. The monoisotopic (exact) mass is 540 g/mol. The van der Waals surface area contributed by atoms with Gasteiger partial charge < -0.3 is 34.5 Å². The number of aliphatic imine (C=N–C) groups is 1. The van der Waals surface area contributed by atoms with Crippen molar-refractivity contribution < 1.29 is 18.9 Å². The molecule has 1 fully saturated rings. The van der Waals surface area contributed by atoms with E-state index in [4.69, 9.17) is 18.9 Å². The lowest BCUT2D eigenvalue weighted by atomic mass is 10.2. The molecule has 0 saturated carbocycles. The molecule has 2 aliphatic heterocycles. The van der Waals surface area contributed by atoms with E-state index in [1.807, 2.05) is 36.4 Å². The Morgan fingerprint density at radius 3 is 2.55 bits per heavy atom. The van der Waals surface area contributed by atoms with Crippen molar-refractivity contribution >= 4 is 35.6 Å².